The van der Waals surface area contributed by atoms with Crippen molar-refractivity contribution in [2.45, 2.75) is 129 Å². The Morgan fingerprint density at radius 1 is 1.04 bits per heavy atom. The molecule has 3 aliphatic heterocycles. The van der Waals surface area contributed by atoms with Gasteiger partial charge in [-0.2, -0.15) is 8.42 Å². The summed E-state index contributed by atoms with van der Waals surface area (Å²) >= 11 is 0. The number of hydrogen-bond acceptors (Lipinski definition) is 13. The van der Waals surface area contributed by atoms with E-state index in [-0.39, 0.29) is 24.7 Å². The zero-order valence-corrected chi connectivity index (χ0v) is 33.6. The number of carbonyl (C=O) groups excluding carboxylic acids is 2. The largest absolute Gasteiger partial charge is 0.462 e. The van der Waals surface area contributed by atoms with Crippen molar-refractivity contribution in [3.63, 3.8) is 0 Å². The third-order valence-corrected chi connectivity index (χ3v) is 11.5. The summed E-state index contributed by atoms with van der Waals surface area (Å²) in [6, 6.07) is -0.445. The summed E-state index contributed by atoms with van der Waals surface area (Å²) in [5, 5.41) is 23.4. The molecule has 52 heavy (non-hydrogen) atoms. The molecule has 0 aromatic carbocycles. The molecule has 12 unspecified atom stereocenters. The summed E-state index contributed by atoms with van der Waals surface area (Å²) in [6.45, 7) is 11.7. The van der Waals surface area contributed by atoms with E-state index >= 15 is 0 Å². The lowest BCUT2D eigenvalue weighted by Gasteiger charge is -2.48. The van der Waals surface area contributed by atoms with Gasteiger partial charge in [0.2, 0.25) is 0 Å². The first-order valence-corrected chi connectivity index (χ1v) is 20.8. The van der Waals surface area contributed by atoms with Crippen LogP contribution in [0, 0.1) is 23.7 Å². The summed E-state index contributed by atoms with van der Waals surface area (Å²) in [5.74, 6) is -2.67. The minimum absolute atomic E-state index is 0.0876. The van der Waals surface area contributed by atoms with Gasteiger partial charge in [-0.15, -0.1) is 0 Å². The fraction of sp³-hybridized carbons (Fsp3) is 0.842. The van der Waals surface area contributed by atoms with Crippen LogP contribution in [-0.4, -0.2) is 143 Å². The predicted octanol–water partition coefficient (Wildman–Crippen LogP) is 3.33. The van der Waals surface area contributed by atoms with Crippen LogP contribution in [0.25, 0.3) is 0 Å². The monoisotopic (exact) mass is 758 g/mol. The van der Waals surface area contributed by atoms with E-state index in [0.717, 1.165) is 38.7 Å². The maximum Gasteiger partial charge on any atom is 0.308 e. The Hall–Kier alpha value is -1.75. The zero-order valence-electron chi connectivity index (χ0n) is 32.8. The van der Waals surface area contributed by atoms with Crippen molar-refractivity contribution >= 4 is 21.9 Å². The molecule has 0 spiro atoms. The number of likely N-dealkylation sites (N-methyl/N-ethyl adjacent to an activating group) is 1. The molecule has 0 amide bonds. The van der Waals surface area contributed by atoms with E-state index in [1.54, 1.807) is 26.2 Å². The van der Waals surface area contributed by atoms with Crippen LogP contribution < -0.4 is 0 Å². The molecule has 0 aromatic heterocycles. The van der Waals surface area contributed by atoms with Crippen molar-refractivity contribution in [2.75, 3.05) is 53.7 Å². The van der Waals surface area contributed by atoms with E-state index in [0.29, 0.717) is 24.8 Å². The number of hydrogen-bond donors (Lipinski definition) is 2. The highest BCUT2D eigenvalue weighted by Gasteiger charge is 2.48. The standard InChI is InChI=1S/C38H66N2O11S/c1-10-32-29(23-48-52(9,45)46)20-24(2)14-15-30(41)25(3)21-28(16-19-40-17-12-11-13-18-40)36(26(4)31(42)22-33(43)50-32)51-38-35(44)34(39(6)7)37(47-8)27(5)49-38/h14-15,20,25-29,31-32,34-38,42,44H,10-13,16-19,21-23H2,1-9H3/b15-14+,24-20+. The number of likely N-dealkylation sites (tertiary alicyclic amines) is 1. The third kappa shape index (κ3) is 13.2. The number of methoxy groups -OCH3 is 1. The topological polar surface area (TPSA) is 161 Å². The highest BCUT2D eigenvalue weighted by molar-refractivity contribution is 7.85. The van der Waals surface area contributed by atoms with Crippen LogP contribution in [0.4, 0.5) is 0 Å². The van der Waals surface area contributed by atoms with Gasteiger partial charge in [-0.05, 0) is 91.7 Å². The Morgan fingerprint density at radius 3 is 2.31 bits per heavy atom. The van der Waals surface area contributed by atoms with Crippen molar-refractivity contribution in [1.29, 1.82) is 0 Å². The summed E-state index contributed by atoms with van der Waals surface area (Å²) in [4.78, 5) is 31.4. The number of rotatable bonds is 11. The molecule has 3 rings (SSSR count). The number of ether oxygens (including phenoxy) is 4. The van der Waals surface area contributed by atoms with Gasteiger partial charge in [0, 0.05) is 24.9 Å². The molecule has 13 nitrogen and oxygen atoms in total. The third-order valence-electron chi connectivity index (χ3n) is 10.9. The molecule has 0 aromatic rings. The lowest BCUT2D eigenvalue weighted by Crippen LogP contribution is -2.63. The molecule has 0 radical (unpaired) electrons. The van der Waals surface area contributed by atoms with Crippen molar-refractivity contribution < 1.29 is 51.4 Å². The van der Waals surface area contributed by atoms with Gasteiger partial charge in [-0.3, -0.25) is 13.8 Å². The van der Waals surface area contributed by atoms with E-state index in [9.17, 15) is 28.2 Å². The van der Waals surface area contributed by atoms with Crippen molar-refractivity contribution in [3.8, 4) is 0 Å². The molecule has 2 fully saturated rings. The van der Waals surface area contributed by atoms with E-state index in [4.69, 9.17) is 23.1 Å². The van der Waals surface area contributed by atoms with Crippen LogP contribution in [0.5, 0.6) is 0 Å². The fourth-order valence-electron chi connectivity index (χ4n) is 7.88. The number of allylic oxidation sites excluding steroid dienone is 3. The Kier molecular flexibility index (Phi) is 17.9. The van der Waals surface area contributed by atoms with Crippen LogP contribution in [-0.2, 0) is 42.8 Å². The second kappa shape index (κ2) is 20.8. The van der Waals surface area contributed by atoms with Crippen LogP contribution in [0.2, 0.25) is 0 Å². The number of aliphatic hydroxyl groups excluding tert-OH is 2. The molecule has 12 atom stereocenters. The second-order valence-corrected chi connectivity index (χ2v) is 17.1. The number of aliphatic hydroxyl groups is 2. The number of nitrogens with zero attached hydrogens (tertiary/aromatic N) is 2. The molecule has 3 aliphatic rings. The first-order valence-electron chi connectivity index (χ1n) is 19.0. The number of ketones is 1. The number of piperidine rings is 1. The molecule has 0 saturated carbocycles. The number of cyclic esters (lactones) is 1. The summed E-state index contributed by atoms with van der Waals surface area (Å²) in [5.41, 5.74) is 0.683. The molecule has 0 aliphatic carbocycles. The van der Waals surface area contributed by atoms with Gasteiger partial charge in [-0.25, -0.2) is 0 Å². The van der Waals surface area contributed by atoms with E-state index < -0.39 is 82.8 Å². The lowest BCUT2D eigenvalue weighted by atomic mass is 9.79. The van der Waals surface area contributed by atoms with E-state index in [1.165, 1.54) is 12.5 Å². The average molecular weight is 759 g/mol. The molecular weight excluding hydrogens is 692 g/mol. The van der Waals surface area contributed by atoms with Crippen molar-refractivity contribution in [2.24, 2.45) is 23.7 Å². The summed E-state index contributed by atoms with van der Waals surface area (Å²) in [7, 11) is 1.52. The summed E-state index contributed by atoms with van der Waals surface area (Å²) in [6.07, 6.45) is 4.81. The van der Waals surface area contributed by atoms with E-state index in [2.05, 4.69) is 4.90 Å². The first kappa shape index (κ1) is 44.6. The Morgan fingerprint density at radius 2 is 1.71 bits per heavy atom. The smallest absolute Gasteiger partial charge is 0.308 e. The van der Waals surface area contributed by atoms with Gasteiger partial charge in [0.15, 0.2) is 12.1 Å². The first-order chi connectivity index (χ1) is 24.4. The Balaban J connectivity index is 2.05. The number of esters is 1. The molecule has 2 N–H and O–H groups in total. The van der Waals surface area contributed by atoms with Crippen LogP contribution in [0.15, 0.2) is 23.8 Å². The minimum Gasteiger partial charge on any atom is -0.462 e. The Bertz CT molecular complexity index is 1300. The molecule has 14 heteroatoms. The molecular formula is C38H66N2O11S. The highest BCUT2D eigenvalue weighted by Crippen LogP contribution is 2.35. The van der Waals surface area contributed by atoms with Crippen LogP contribution in [0.3, 0.4) is 0 Å². The molecule has 2 saturated heterocycles. The van der Waals surface area contributed by atoms with Gasteiger partial charge < -0.3 is 39.0 Å². The lowest BCUT2D eigenvalue weighted by molar-refractivity contribution is -0.307. The SMILES string of the molecule is CCC1OC(=O)CC(O)C(C)C(OC2OC(C)C(OC)C(N(C)C)C2O)C(CCN2CCCCC2)CC(C)C(=O)/C=C/C(C)=C/C1COS(C)(=O)=O. The quantitative estimate of drug-likeness (QED) is 0.234. The fourth-order valence-corrected chi connectivity index (χ4v) is 8.29. The maximum absolute atomic E-state index is 13.7. The van der Waals surface area contributed by atoms with Gasteiger partial charge >= 0.3 is 5.97 Å². The van der Waals surface area contributed by atoms with Gasteiger partial charge in [0.05, 0.1) is 43.6 Å². The average Bonchev–Trinajstić information content (AvgIpc) is 3.08. The van der Waals surface area contributed by atoms with Crippen molar-refractivity contribution in [1.82, 2.24) is 9.80 Å². The normalized spacial score (nSPS) is 38.4. The zero-order chi connectivity index (χ0) is 38.7. The highest BCUT2D eigenvalue weighted by atomic mass is 32.2. The number of carbonyl (C=O) groups is 2. The van der Waals surface area contributed by atoms with Gasteiger partial charge in [0.1, 0.15) is 18.3 Å². The summed E-state index contributed by atoms with van der Waals surface area (Å²) < 4.78 is 53.5. The van der Waals surface area contributed by atoms with Gasteiger partial charge in [0.25, 0.3) is 10.1 Å². The molecule has 3 heterocycles. The van der Waals surface area contributed by atoms with Gasteiger partial charge in [-0.1, -0.05) is 44.9 Å². The molecule has 0 bridgehead atoms. The van der Waals surface area contributed by atoms with Crippen LogP contribution >= 0.6 is 0 Å². The van der Waals surface area contributed by atoms with Crippen molar-refractivity contribution in [3.05, 3.63) is 23.8 Å². The Labute approximate surface area is 312 Å². The maximum atomic E-state index is 13.7. The van der Waals surface area contributed by atoms with E-state index in [1.807, 2.05) is 46.7 Å². The van der Waals surface area contributed by atoms with Crippen LogP contribution in [0.1, 0.15) is 79.6 Å². The minimum atomic E-state index is -3.78. The predicted molar refractivity (Wildman–Crippen MR) is 198 cm³/mol. The molecule has 300 valence electrons. The second-order valence-electron chi connectivity index (χ2n) is 15.4.